The van der Waals surface area contributed by atoms with Gasteiger partial charge in [-0.05, 0) is 17.8 Å². The number of nitrogens with zero attached hydrogens (tertiary/aromatic N) is 2. The fourth-order valence-corrected chi connectivity index (χ4v) is 1.55. The Balaban J connectivity index is 2.35. The summed E-state index contributed by atoms with van der Waals surface area (Å²) in [4.78, 5) is 5.26. The molecule has 0 radical (unpaired) electrons. The highest BCUT2D eigenvalue weighted by atomic mass is 32.1. The highest BCUT2D eigenvalue weighted by molar-refractivity contribution is 7.13. The second kappa shape index (κ2) is 3.10. The minimum atomic E-state index is 0.693. The number of rotatable bonds is 2. The average molecular weight is 178 g/mol. The summed E-state index contributed by atoms with van der Waals surface area (Å²) in [7, 11) is 1.99. The van der Waals surface area contributed by atoms with E-state index in [4.69, 9.17) is 4.52 Å². The van der Waals surface area contributed by atoms with Crippen molar-refractivity contribution in [3.63, 3.8) is 0 Å². The summed E-state index contributed by atoms with van der Waals surface area (Å²) in [6.45, 7) is 0. The van der Waals surface area contributed by atoms with Crippen molar-refractivity contribution in [1.29, 1.82) is 0 Å². The molecule has 0 atom stereocenters. The second-order valence-corrected chi connectivity index (χ2v) is 3.29. The van der Waals surface area contributed by atoms with Crippen LogP contribution in [0.3, 0.4) is 0 Å². The average Bonchev–Trinajstić information content (AvgIpc) is 2.75. The van der Waals surface area contributed by atoms with Crippen molar-refractivity contribution < 1.29 is 4.52 Å². The third kappa shape index (κ3) is 1.27. The molecule has 0 aliphatic carbocycles. The van der Waals surface area contributed by atoms with Crippen LogP contribution in [0.5, 0.6) is 0 Å². The molecular weight excluding hydrogens is 171 g/mol. The monoisotopic (exact) mass is 178 g/mol. The Morgan fingerprint density at radius 2 is 2.50 bits per heavy atom. The Labute approximate surface area is 74.8 Å². The highest BCUT2D eigenvalue weighted by Gasteiger charge is 2.06. The number of hydrogen-bond acceptors (Lipinski definition) is 4. The molecule has 0 fully saturated rings. The summed E-state index contributed by atoms with van der Waals surface area (Å²) in [5.74, 6) is 1.39. The topological polar surface area (TPSA) is 38.9 Å². The van der Waals surface area contributed by atoms with Crippen molar-refractivity contribution in [2.45, 2.75) is 6.32 Å². The third-order valence-electron chi connectivity index (χ3n) is 1.51. The maximum Gasteiger partial charge on any atom is 0.219 e. The predicted octanol–water partition coefficient (Wildman–Crippen LogP) is 0.931. The molecule has 2 rings (SSSR count). The Morgan fingerprint density at radius 1 is 1.58 bits per heavy atom. The molecule has 0 N–H and O–H groups in total. The van der Waals surface area contributed by atoms with Gasteiger partial charge in [0.15, 0.2) is 0 Å². The van der Waals surface area contributed by atoms with E-state index in [0.29, 0.717) is 11.7 Å². The summed E-state index contributed by atoms with van der Waals surface area (Å²) in [6, 6.07) is 3.96. The summed E-state index contributed by atoms with van der Waals surface area (Å²) in [5.41, 5.74) is 0. The molecule has 0 unspecified atom stereocenters. The van der Waals surface area contributed by atoms with Gasteiger partial charge in [-0.2, -0.15) is 4.98 Å². The van der Waals surface area contributed by atoms with Gasteiger partial charge in [-0.15, -0.1) is 11.3 Å². The maximum absolute atomic E-state index is 4.98. The van der Waals surface area contributed by atoms with E-state index in [1.165, 1.54) is 0 Å². The number of thiophene rings is 1. The van der Waals surface area contributed by atoms with Crippen molar-refractivity contribution in [3.05, 3.63) is 23.4 Å². The fraction of sp³-hybridized carbons (Fsp3) is 0.143. The predicted molar refractivity (Wildman–Crippen MR) is 49.9 cm³/mol. The van der Waals surface area contributed by atoms with Crippen molar-refractivity contribution in [3.8, 4) is 10.7 Å². The van der Waals surface area contributed by atoms with Gasteiger partial charge in [-0.25, -0.2) is 0 Å². The van der Waals surface area contributed by atoms with Crippen LogP contribution in [-0.2, 0) is 6.32 Å². The highest BCUT2D eigenvalue weighted by Crippen LogP contribution is 2.20. The lowest BCUT2D eigenvalue weighted by Crippen LogP contribution is -1.81. The van der Waals surface area contributed by atoms with Gasteiger partial charge < -0.3 is 4.52 Å². The van der Waals surface area contributed by atoms with E-state index in [-0.39, 0.29) is 0 Å². The van der Waals surface area contributed by atoms with E-state index in [2.05, 4.69) is 10.1 Å². The Hall–Kier alpha value is -1.10. The van der Waals surface area contributed by atoms with Crippen molar-refractivity contribution >= 4 is 19.2 Å². The molecule has 5 heteroatoms. The van der Waals surface area contributed by atoms with Gasteiger partial charge in [-0.1, -0.05) is 11.2 Å². The van der Waals surface area contributed by atoms with E-state index >= 15 is 0 Å². The summed E-state index contributed by atoms with van der Waals surface area (Å²) < 4.78 is 4.98. The fourth-order valence-electron chi connectivity index (χ4n) is 0.904. The number of aromatic nitrogens is 2. The van der Waals surface area contributed by atoms with Crippen LogP contribution in [0.1, 0.15) is 5.89 Å². The van der Waals surface area contributed by atoms with Gasteiger partial charge in [-0.3, -0.25) is 0 Å². The van der Waals surface area contributed by atoms with Gasteiger partial charge in [0.2, 0.25) is 11.7 Å². The molecule has 0 amide bonds. The van der Waals surface area contributed by atoms with Crippen molar-refractivity contribution in [2.24, 2.45) is 0 Å². The molecule has 2 heterocycles. The summed E-state index contributed by atoms with van der Waals surface area (Å²) >= 11 is 1.61. The van der Waals surface area contributed by atoms with Crippen molar-refractivity contribution in [1.82, 2.24) is 10.1 Å². The molecule has 0 aromatic carbocycles. The van der Waals surface area contributed by atoms with Crippen LogP contribution >= 0.6 is 11.3 Å². The normalized spacial score (nSPS) is 10.3. The van der Waals surface area contributed by atoms with Crippen LogP contribution in [0, 0.1) is 0 Å². The Morgan fingerprint density at radius 3 is 3.08 bits per heavy atom. The maximum atomic E-state index is 4.98. The smallest absolute Gasteiger partial charge is 0.219 e. The van der Waals surface area contributed by atoms with E-state index in [1.54, 1.807) is 11.3 Å². The zero-order valence-corrected chi connectivity index (χ0v) is 7.47. The van der Waals surface area contributed by atoms with Gasteiger partial charge in [0.25, 0.3) is 0 Å². The van der Waals surface area contributed by atoms with E-state index < -0.39 is 0 Å². The minimum Gasteiger partial charge on any atom is -0.340 e. The van der Waals surface area contributed by atoms with Gasteiger partial charge in [0, 0.05) is 0 Å². The first-order valence-electron chi connectivity index (χ1n) is 3.76. The first-order chi connectivity index (χ1) is 5.90. The van der Waals surface area contributed by atoms with Crippen LogP contribution in [-0.4, -0.2) is 18.0 Å². The SMILES string of the molecule is BCc1nc(-c2cccs2)no1. The quantitative estimate of drug-likeness (QED) is 0.642. The van der Waals surface area contributed by atoms with Gasteiger partial charge >= 0.3 is 0 Å². The molecule has 0 aliphatic rings. The second-order valence-electron chi connectivity index (χ2n) is 2.34. The summed E-state index contributed by atoms with van der Waals surface area (Å²) in [6.07, 6.45) is 0.790. The van der Waals surface area contributed by atoms with Gasteiger partial charge in [0.05, 0.1) is 4.88 Å². The molecule has 0 saturated heterocycles. The number of hydrogen-bond donors (Lipinski definition) is 0. The first kappa shape index (κ1) is 7.55. The standard InChI is InChI=1S/C7H7BN2OS/c8-4-6-9-7(10-11-6)5-2-1-3-12-5/h1-3H,4,8H2. The Bertz CT molecular complexity index is 357. The lowest BCUT2D eigenvalue weighted by atomic mass is 10.1. The lowest BCUT2D eigenvalue weighted by molar-refractivity contribution is 0.391. The molecule has 0 aliphatic heterocycles. The summed E-state index contributed by atoms with van der Waals surface area (Å²) in [5, 5.41) is 5.85. The van der Waals surface area contributed by atoms with Crippen LogP contribution in [0.25, 0.3) is 10.7 Å². The molecular formula is C7H7BN2OS. The van der Waals surface area contributed by atoms with Crippen molar-refractivity contribution in [2.75, 3.05) is 0 Å². The molecule has 0 bridgehead atoms. The van der Waals surface area contributed by atoms with E-state index in [9.17, 15) is 0 Å². The zero-order chi connectivity index (χ0) is 8.39. The molecule has 0 saturated carbocycles. The molecule has 2 aromatic rings. The van der Waals surface area contributed by atoms with Crippen LogP contribution < -0.4 is 0 Å². The van der Waals surface area contributed by atoms with Gasteiger partial charge in [0.1, 0.15) is 7.85 Å². The first-order valence-corrected chi connectivity index (χ1v) is 4.64. The molecule has 12 heavy (non-hydrogen) atoms. The lowest BCUT2D eigenvalue weighted by Gasteiger charge is -1.81. The van der Waals surface area contributed by atoms with E-state index in [1.807, 2.05) is 25.4 Å². The van der Waals surface area contributed by atoms with Crippen LogP contribution in [0.15, 0.2) is 22.0 Å². The molecule has 2 aromatic heterocycles. The van der Waals surface area contributed by atoms with Crippen LogP contribution in [0.2, 0.25) is 0 Å². The zero-order valence-electron chi connectivity index (χ0n) is 6.65. The third-order valence-corrected chi connectivity index (χ3v) is 2.38. The molecule has 0 spiro atoms. The molecule has 3 nitrogen and oxygen atoms in total. The largest absolute Gasteiger partial charge is 0.340 e. The molecule has 60 valence electrons. The Kier molecular flexibility index (Phi) is 1.95. The van der Waals surface area contributed by atoms with E-state index in [0.717, 1.165) is 11.2 Å². The minimum absolute atomic E-state index is 0.693. The van der Waals surface area contributed by atoms with Crippen LogP contribution in [0.4, 0.5) is 0 Å².